The molecular formula is C20H16ClNO4. The number of carbonyl (C=O) groups excluding carboxylic acids is 2. The summed E-state index contributed by atoms with van der Waals surface area (Å²) < 4.78 is 10.5. The molecule has 6 heteroatoms. The van der Waals surface area contributed by atoms with Crippen molar-refractivity contribution in [3.63, 3.8) is 0 Å². The van der Waals surface area contributed by atoms with Crippen molar-refractivity contribution in [2.75, 3.05) is 5.32 Å². The molecule has 1 aromatic heterocycles. The van der Waals surface area contributed by atoms with Gasteiger partial charge in [0.25, 0.3) is 5.91 Å². The Labute approximate surface area is 155 Å². The maximum atomic E-state index is 12.4. The number of nitrogens with one attached hydrogen (secondary N) is 1. The zero-order valence-electron chi connectivity index (χ0n) is 13.9. The fraction of sp³-hybridized carbons (Fsp3) is 0.100. The van der Waals surface area contributed by atoms with Gasteiger partial charge in [-0.15, -0.1) is 0 Å². The van der Waals surface area contributed by atoms with Gasteiger partial charge in [0.2, 0.25) is 5.76 Å². The van der Waals surface area contributed by atoms with Gasteiger partial charge in [0.05, 0.1) is 17.0 Å². The normalized spacial score (nSPS) is 11.6. The fourth-order valence-electron chi connectivity index (χ4n) is 2.38. The number of anilines is 1. The summed E-state index contributed by atoms with van der Waals surface area (Å²) in [6.07, 6.45) is 0.389. The number of rotatable bonds is 5. The van der Waals surface area contributed by atoms with Crippen LogP contribution < -0.4 is 5.32 Å². The minimum absolute atomic E-state index is 0.0496. The lowest BCUT2D eigenvalue weighted by molar-refractivity contribution is -0.123. The van der Waals surface area contributed by atoms with Crippen LogP contribution in [0.4, 0.5) is 5.69 Å². The summed E-state index contributed by atoms with van der Waals surface area (Å²) in [4.78, 5) is 24.7. The van der Waals surface area contributed by atoms with Gasteiger partial charge in [0.1, 0.15) is 0 Å². The van der Waals surface area contributed by atoms with E-state index >= 15 is 0 Å². The van der Waals surface area contributed by atoms with Crippen LogP contribution in [0, 0.1) is 0 Å². The second kappa shape index (κ2) is 7.89. The first-order chi connectivity index (χ1) is 12.6. The monoisotopic (exact) mass is 369 g/mol. The van der Waals surface area contributed by atoms with Gasteiger partial charge < -0.3 is 14.5 Å². The third kappa shape index (κ3) is 3.95. The topological polar surface area (TPSA) is 68.5 Å². The van der Waals surface area contributed by atoms with Gasteiger partial charge in [-0.2, -0.15) is 0 Å². The number of furan rings is 1. The predicted octanol–water partition coefficient (Wildman–Crippen LogP) is 4.78. The molecule has 0 aliphatic rings. The maximum absolute atomic E-state index is 12.4. The van der Waals surface area contributed by atoms with Crippen LogP contribution in [0.15, 0.2) is 71.3 Å². The number of benzene rings is 2. The Morgan fingerprint density at radius 1 is 1.04 bits per heavy atom. The Kier molecular flexibility index (Phi) is 5.39. The lowest BCUT2D eigenvalue weighted by atomic mass is 10.1. The molecule has 0 spiro atoms. The van der Waals surface area contributed by atoms with E-state index in [0.29, 0.717) is 16.3 Å². The summed E-state index contributed by atoms with van der Waals surface area (Å²) in [6.45, 7) is 1.48. The van der Waals surface area contributed by atoms with Gasteiger partial charge in [-0.1, -0.05) is 54.1 Å². The molecule has 0 fully saturated rings. The largest absolute Gasteiger partial charge is 0.457 e. The predicted molar refractivity (Wildman–Crippen MR) is 99.1 cm³/mol. The van der Waals surface area contributed by atoms with Crippen LogP contribution in [0.5, 0.6) is 0 Å². The molecule has 3 aromatic rings. The highest BCUT2D eigenvalue weighted by molar-refractivity contribution is 6.33. The minimum Gasteiger partial charge on any atom is -0.457 e. The third-order valence-electron chi connectivity index (χ3n) is 3.72. The third-order valence-corrected chi connectivity index (χ3v) is 4.05. The summed E-state index contributed by atoms with van der Waals surface area (Å²) in [7, 11) is 0. The minimum atomic E-state index is -1.02. The zero-order valence-corrected chi connectivity index (χ0v) is 14.7. The molecule has 2 aromatic carbocycles. The van der Waals surface area contributed by atoms with E-state index in [1.54, 1.807) is 30.3 Å². The summed E-state index contributed by atoms with van der Waals surface area (Å²) in [5, 5.41) is 3.03. The van der Waals surface area contributed by atoms with Crippen LogP contribution in [0.2, 0.25) is 5.02 Å². The Bertz CT molecular complexity index is 920. The van der Waals surface area contributed by atoms with Crippen LogP contribution in [-0.4, -0.2) is 18.0 Å². The first-order valence-corrected chi connectivity index (χ1v) is 8.33. The Balaban J connectivity index is 1.70. The molecule has 1 N–H and O–H groups in total. The molecule has 3 rings (SSSR count). The molecule has 0 radical (unpaired) electrons. The van der Waals surface area contributed by atoms with E-state index in [2.05, 4.69) is 5.32 Å². The van der Waals surface area contributed by atoms with E-state index in [9.17, 15) is 9.59 Å². The van der Waals surface area contributed by atoms with Crippen LogP contribution in [-0.2, 0) is 9.53 Å². The molecule has 0 aliphatic carbocycles. The number of halogens is 1. The van der Waals surface area contributed by atoms with E-state index in [-0.39, 0.29) is 5.76 Å². The van der Waals surface area contributed by atoms with Gasteiger partial charge in [0, 0.05) is 5.56 Å². The number of amides is 1. The highest BCUT2D eigenvalue weighted by atomic mass is 35.5. The van der Waals surface area contributed by atoms with E-state index in [0.717, 1.165) is 5.56 Å². The number of hydrogen-bond acceptors (Lipinski definition) is 4. The highest BCUT2D eigenvalue weighted by Gasteiger charge is 2.24. The van der Waals surface area contributed by atoms with Crippen molar-refractivity contribution in [1.82, 2.24) is 0 Å². The van der Waals surface area contributed by atoms with Crippen molar-refractivity contribution in [3.8, 4) is 11.1 Å². The van der Waals surface area contributed by atoms with Crippen molar-refractivity contribution in [3.05, 3.63) is 77.7 Å². The molecule has 5 nitrogen and oxygen atoms in total. The molecule has 0 bridgehead atoms. The van der Waals surface area contributed by atoms with Gasteiger partial charge >= 0.3 is 5.97 Å². The Morgan fingerprint density at radius 2 is 1.73 bits per heavy atom. The number of para-hydroxylation sites is 1. The van der Waals surface area contributed by atoms with E-state index in [1.165, 1.54) is 13.2 Å². The average molecular weight is 370 g/mol. The molecule has 1 unspecified atom stereocenters. The lowest BCUT2D eigenvalue weighted by Crippen LogP contribution is -2.30. The quantitative estimate of drug-likeness (QED) is 0.657. The molecule has 26 heavy (non-hydrogen) atoms. The Morgan fingerprint density at radius 3 is 2.46 bits per heavy atom. The molecule has 0 saturated carbocycles. The zero-order chi connectivity index (χ0) is 18.5. The second-order valence-corrected chi connectivity index (χ2v) is 5.95. The first kappa shape index (κ1) is 17.8. The molecule has 0 aliphatic heterocycles. The summed E-state index contributed by atoms with van der Waals surface area (Å²) in [5.74, 6) is -1.15. The molecule has 132 valence electrons. The van der Waals surface area contributed by atoms with Gasteiger partial charge in [-0.3, -0.25) is 4.79 Å². The average Bonchev–Trinajstić information content (AvgIpc) is 3.14. The van der Waals surface area contributed by atoms with Crippen molar-refractivity contribution in [2.24, 2.45) is 0 Å². The van der Waals surface area contributed by atoms with E-state index in [4.69, 9.17) is 20.8 Å². The van der Waals surface area contributed by atoms with Crippen LogP contribution in [0.3, 0.4) is 0 Å². The van der Waals surface area contributed by atoms with Gasteiger partial charge in [0.15, 0.2) is 6.10 Å². The van der Waals surface area contributed by atoms with Crippen molar-refractivity contribution in [2.45, 2.75) is 13.0 Å². The summed E-state index contributed by atoms with van der Waals surface area (Å²) in [5.41, 5.74) is 1.88. The SMILES string of the molecule is CC(OC(=O)c1occc1-c1ccccc1)C(=O)Nc1ccccc1Cl. The van der Waals surface area contributed by atoms with E-state index in [1.807, 2.05) is 30.3 Å². The van der Waals surface area contributed by atoms with Gasteiger partial charge in [-0.25, -0.2) is 4.79 Å². The van der Waals surface area contributed by atoms with Crippen molar-refractivity contribution >= 4 is 29.2 Å². The smallest absolute Gasteiger partial charge is 0.375 e. The molecule has 0 saturated heterocycles. The highest BCUT2D eigenvalue weighted by Crippen LogP contribution is 2.26. The number of carbonyl (C=O) groups is 2. The number of hydrogen-bond donors (Lipinski definition) is 1. The van der Waals surface area contributed by atoms with Crippen molar-refractivity contribution < 1.29 is 18.7 Å². The molecule has 1 amide bonds. The lowest BCUT2D eigenvalue weighted by Gasteiger charge is -2.14. The van der Waals surface area contributed by atoms with Crippen LogP contribution in [0.1, 0.15) is 17.5 Å². The molecular weight excluding hydrogens is 354 g/mol. The number of esters is 1. The first-order valence-electron chi connectivity index (χ1n) is 7.95. The van der Waals surface area contributed by atoms with Crippen molar-refractivity contribution in [1.29, 1.82) is 0 Å². The van der Waals surface area contributed by atoms with E-state index < -0.39 is 18.0 Å². The molecule has 1 heterocycles. The Hall–Kier alpha value is -3.05. The van der Waals surface area contributed by atoms with Gasteiger partial charge in [-0.05, 0) is 30.7 Å². The molecule has 1 atom stereocenters. The number of ether oxygens (including phenoxy) is 1. The maximum Gasteiger partial charge on any atom is 0.375 e. The summed E-state index contributed by atoms with van der Waals surface area (Å²) >= 11 is 6.01. The summed E-state index contributed by atoms with van der Waals surface area (Å²) in [6, 6.07) is 17.8. The van der Waals surface area contributed by atoms with Crippen LogP contribution in [0.25, 0.3) is 11.1 Å². The van der Waals surface area contributed by atoms with Crippen LogP contribution >= 0.6 is 11.6 Å². The second-order valence-electron chi connectivity index (χ2n) is 5.55. The fourth-order valence-corrected chi connectivity index (χ4v) is 2.56. The standard InChI is InChI=1S/C20H16ClNO4/c1-13(19(23)22-17-10-6-5-9-16(17)21)26-20(24)18-15(11-12-25-18)14-7-3-2-4-8-14/h2-13H,1H3,(H,22,23).